The van der Waals surface area contributed by atoms with Crippen molar-refractivity contribution in [3.63, 3.8) is 0 Å². The van der Waals surface area contributed by atoms with Gasteiger partial charge in [0.2, 0.25) is 0 Å². The summed E-state index contributed by atoms with van der Waals surface area (Å²) in [5.41, 5.74) is -2.20. The summed E-state index contributed by atoms with van der Waals surface area (Å²) < 4.78 is 79.6. The van der Waals surface area contributed by atoms with Gasteiger partial charge in [-0.05, 0) is 30.7 Å². The number of rotatable bonds is 7. The SMILES string of the molecule is CCCCNc1cc(C(F)(F)F)c(-c2cnc3c(Nc4ccc(C(F)(F)F)cn4)ccnc3n2)nn1. The van der Waals surface area contributed by atoms with Gasteiger partial charge in [-0.15, -0.1) is 10.2 Å². The molecule has 0 fully saturated rings. The zero-order valence-corrected chi connectivity index (χ0v) is 18.6. The van der Waals surface area contributed by atoms with Crippen LogP contribution in [0.15, 0.2) is 42.9 Å². The number of nitrogens with one attached hydrogen (secondary N) is 2. The van der Waals surface area contributed by atoms with E-state index in [-0.39, 0.29) is 28.5 Å². The maximum atomic E-state index is 13.8. The van der Waals surface area contributed by atoms with Gasteiger partial charge in [-0.3, -0.25) is 0 Å². The summed E-state index contributed by atoms with van der Waals surface area (Å²) in [6.07, 6.45) is -4.55. The number of hydrogen-bond donors (Lipinski definition) is 2. The topological polar surface area (TPSA) is 101 Å². The maximum Gasteiger partial charge on any atom is 0.418 e. The number of nitrogens with zero attached hydrogens (tertiary/aromatic N) is 6. The second-order valence-electron chi connectivity index (χ2n) is 7.61. The lowest BCUT2D eigenvalue weighted by Crippen LogP contribution is -2.13. The summed E-state index contributed by atoms with van der Waals surface area (Å²) in [6.45, 7) is 2.40. The average Bonchev–Trinajstić information content (AvgIpc) is 2.83. The quantitative estimate of drug-likeness (QED) is 0.236. The number of halogens is 6. The molecule has 4 heterocycles. The van der Waals surface area contributed by atoms with E-state index in [2.05, 4.69) is 40.8 Å². The van der Waals surface area contributed by atoms with Gasteiger partial charge < -0.3 is 10.6 Å². The minimum atomic E-state index is -4.73. The Morgan fingerprint density at radius 1 is 0.861 bits per heavy atom. The van der Waals surface area contributed by atoms with E-state index in [1.807, 2.05) is 6.92 Å². The Kier molecular flexibility index (Phi) is 6.86. The third-order valence-corrected chi connectivity index (χ3v) is 4.98. The normalized spacial score (nSPS) is 12.1. The molecular formula is C22H18F6N8. The van der Waals surface area contributed by atoms with Crippen LogP contribution in [0.3, 0.4) is 0 Å². The van der Waals surface area contributed by atoms with Crippen molar-refractivity contribution in [2.24, 2.45) is 0 Å². The number of hydrogen-bond acceptors (Lipinski definition) is 8. The Labute approximate surface area is 200 Å². The van der Waals surface area contributed by atoms with Gasteiger partial charge in [0.25, 0.3) is 0 Å². The van der Waals surface area contributed by atoms with Crippen molar-refractivity contribution in [2.75, 3.05) is 17.2 Å². The molecule has 4 aromatic heterocycles. The summed E-state index contributed by atoms with van der Waals surface area (Å²) in [4.78, 5) is 16.1. The molecule has 2 N–H and O–H groups in total. The molecule has 14 heteroatoms. The van der Waals surface area contributed by atoms with E-state index in [1.165, 1.54) is 12.3 Å². The van der Waals surface area contributed by atoms with Gasteiger partial charge in [0, 0.05) is 18.9 Å². The molecule has 0 aliphatic carbocycles. The Morgan fingerprint density at radius 2 is 1.67 bits per heavy atom. The molecule has 188 valence electrons. The van der Waals surface area contributed by atoms with Crippen molar-refractivity contribution >= 4 is 28.5 Å². The lowest BCUT2D eigenvalue weighted by atomic mass is 10.1. The molecule has 0 saturated heterocycles. The van der Waals surface area contributed by atoms with Crippen molar-refractivity contribution in [3.8, 4) is 11.4 Å². The van der Waals surface area contributed by atoms with Gasteiger partial charge in [-0.2, -0.15) is 26.3 Å². The fraction of sp³-hybridized carbons (Fsp3) is 0.273. The van der Waals surface area contributed by atoms with Crippen LogP contribution in [0.4, 0.5) is 43.7 Å². The Balaban J connectivity index is 1.66. The zero-order chi connectivity index (χ0) is 25.9. The first-order valence-corrected chi connectivity index (χ1v) is 10.7. The molecular weight excluding hydrogens is 490 g/mol. The first-order valence-electron chi connectivity index (χ1n) is 10.7. The molecule has 0 radical (unpaired) electrons. The van der Waals surface area contributed by atoms with E-state index in [4.69, 9.17) is 0 Å². The van der Waals surface area contributed by atoms with Crippen molar-refractivity contribution < 1.29 is 26.3 Å². The number of aromatic nitrogens is 6. The third kappa shape index (κ3) is 5.58. The first-order chi connectivity index (χ1) is 17.1. The highest BCUT2D eigenvalue weighted by atomic mass is 19.4. The van der Waals surface area contributed by atoms with Crippen LogP contribution >= 0.6 is 0 Å². The van der Waals surface area contributed by atoms with E-state index in [0.717, 1.165) is 37.2 Å². The first kappa shape index (κ1) is 25.0. The molecule has 0 saturated carbocycles. The van der Waals surface area contributed by atoms with Crippen LogP contribution < -0.4 is 10.6 Å². The van der Waals surface area contributed by atoms with E-state index in [9.17, 15) is 26.3 Å². The molecule has 8 nitrogen and oxygen atoms in total. The minimum Gasteiger partial charge on any atom is -0.369 e. The number of alkyl halides is 6. The second kappa shape index (κ2) is 9.87. The Bertz CT molecular complexity index is 1360. The average molecular weight is 508 g/mol. The fourth-order valence-electron chi connectivity index (χ4n) is 3.19. The highest BCUT2D eigenvalue weighted by Gasteiger charge is 2.36. The van der Waals surface area contributed by atoms with Crippen LogP contribution in [0.2, 0.25) is 0 Å². The number of unbranched alkanes of at least 4 members (excludes halogenated alkanes) is 1. The van der Waals surface area contributed by atoms with Crippen LogP contribution in [0, 0.1) is 0 Å². The maximum absolute atomic E-state index is 13.8. The van der Waals surface area contributed by atoms with E-state index < -0.39 is 29.2 Å². The second-order valence-corrected chi connectivity index (χ2v) is 7.61. The molecule has 0 spiro atoms. The molecule has 0 unspecified atom stereocenters. The van der Waals surface area contributed by atoms with E-state index in [0.29, 0.717) is 18.4 Å². The molecule has 0 aliphatic heterocycles. The molecule has 4 aromatic rings. The van der Waals surface area contributed by atoms with Crippen molar-refractivity contribution in [1.82, 2.24) is 30.1 Å². The summed E-state index contributed by atoms with van der Waals surface area (Å²) in [5, 5.41) is 13.2. The number of fused-ring (bicyclic) bond motifs is 1. The number of pyridine rings is 2. The van der Waals surface area contributed by atoms with Gasteiger partial charge >= 0.3 is 12.4 Å². The largest absolute Gasteiger partial charge is 0.418 e. The van der Waals surface area contributed by atoms with Crippen LogP contribution in [0.25, 0.3) is 22.6 Å². The Morgan fingerprint density at radius 3 is 2.33 bits per heavy atom. The standard InChI is InChI=1S/C22H18F6N8/c1-2-3-7-29-17-9-13(22(26,27)28)18(36-35-17)15-11-32-19-14(6-8-30-20(19)34-15)33-16-5-4-12(10-31-16)21(23,24)25/h4-6,8-11H,2-3,7H2,1H3,(H,29,35)(H,30,31,33,34). The van der Waals surface area contributed by atoms with Gasteiger partial charge in [-0.25, -0.2) is 19.9 Å². The molecule has 0 amide bonds. The van der Waals surface area contributed by atoms with E-state index in [1.54, 1.807) is 0 Å². The zero-order valence-electron chi connectivity index (χ0n) is 18.6. The van der Waals surface area contributed by atoms with Gasteiger partial charge in [0.05, 0.1) is 23.0 Å². The Hall–Kier alpha value is -4.10. The minimum absolute atomic E-state index is 0.00974. The molecule has 36 heavy (non-hydrogen) atoms. The van der Waals surface area contributed by atoms with E-state index >= 15 is 0 Å². The summed E-state index contributed by atoms with van der Waals surface area (Å²) >= 11 is 0. The summed E-state index contributed by atoms with van der Waals surface area (Å²) in [5.74, 6) is 0.0830. The van der Waals surface area contributed by atoms with Crippen LogP contribution in [0.5, 0.6) is 0 Å². The smallest absolute Gasteiger partial charge is 0.369 e. The van der Waals surface area contributed by atoms with Crippen molar-refractivity contribution in [3.05, 3.63) is 54.0 Å². The van der Waals surface area contributed by atoms with Crippen molar-refractivity contribution in [2.45, 2.75) is 32.1 Å². The van der Waals surface area contributed by atoms with Gasteiger partial charge in [0.15, 0.2) is 5.65 Å². The predicted molar refractivity (Wildman–Crippen MR) is 119 cm³/mol. The predicted octanol–water partition coefficient (Wildman–Crippen LogP) is 5.87. The monoisotopic (exact) mass is 508 g/mol. The number of anilines is 3. The summed E-state index contributed by atoms with van der Waals surface area (Å²) in [6, 6.07) is 4.35. The highest BCUT2D eigenvalue weighted by molar-refractivity contribution is 5.87. The van der Waals surface area contributed by atoms with Crippen molar-refractivity contribution in [1.29, 1.82) is 0 Å². The highest BCUT2D eigenvalue weighted by Crippen LogP contribution is 2.36. The van der Waals surface area contributed by atoms with Gasteiger partial charge in [-0.1, -0.05) is 13.3 Å². The molecule has 0 aromatic carbocycles. The molecule has 0 bridgehead atoms. The van der Waals surface area contributed by atoms with Gasteiger partial charge in [0.1, 0.15) is 28.5 Å². The molecule has 0 atom stereocenters. The lowest BCUT2D eigenvalue weighted by molar-refractivity contribution is -0.138. The summed E-state index contributed by atoms with van der Waals surface area (Å²) in [7, 11) is 0. The third-order valence-electron chi connectivity index (χ3n) is 4.98. The van der Waals surface area contributed by atoms with Crippen LogP contribution in [0.1, 0.15) is 30.9 Å². The lowest BCUT2D eigenvalue weighted by Gasteiger charge is -2.14. The van der Waals surface area contributed by atoms with Crippen LogP contribution in [-0.2, 0) is 12.4 Å². The fourth-order valence-corrected chi connectivity index (χ4v) is 3.19. The molecule has 0 aliphatic rings. The van der Waals surface area contributed by atoms with Crippen LogP contribution in [-0.4, -0.2) is 36.7 Å². The molecule has 4 rings (SSSR count).